The first-order valence-electron chi connectivity index (χ1n) is 6.07. The first-order valence-corrected chi connectivity index (χ1v) is 6.07. The van der Waals surface area contributed by atoms with E-state index >= 15 is 0 Å². The van der Waals surface area contributed by atoms with Crippen molar-refractivity contribution in [2.45, 2.75) is 0 Å². The summed E-state index contributed by atoms with van der Waals surface area (Å²) in [4.78, 5) is 4.00. The Kier molecular flexibility index (Phi) is 2.17. The van der Waals surface area contributed by atoms with Crippen molar-refractivity contribution in [2.75, 3.05) is 0 Å². The molecule has 0 radical (unpaired) electrons. The number of nitrogens with zero attached hydrogens (tertiary/aromatic N) is 5. The molecule has 0 amide bonds. The summed E-state index contributed by atoms with van der Waals surface area (Å²) >= 11 is 0. The third-order valence-corrected chi connectivity index (χ3v) is 3.17. The molecule has 0 aliphatic rings. The van der Waals surface area contributed by atoms with Gasteiger partial charge in [0.15, 0.2) is 5.52 Å². The minimum Gasteiger partial charge on any atom is -0.506 e. The van der Waals surface area contributed by atoms with Gasteiger partial charge in [0.2, 0.25) is 0 Å². The predicted molar refractivity (Wildman–Crippen MR) is 73.2 cm³/mol. The quantitative estimate of drug-likeness (QED) is 0.568. The van der Waals surface area contributed by atoms with E-state index in [9.17, 15) is 5.11 Å². The Hall–Kier alpha value is -3.02. The summed E-state index contributed by atoms with van der Waals surface area (Å²) in [6.45, 7) is 0. The van der Waals surface area contributed by atoms with Gasteiger partial charge < -0.3 is 5.11 Å². The van der Waals surface area contributed by atoms with Gasteiger partial charge in [0, 0.05) is 0 Å². The first kappa shape index (κ1) is 10.9. The lowest BCUT2D eigenvalue weighted by molar-refractivity contribution is 0.480. The number of phenolic OH excluding ortho intramolecular Hbond substituents is 1. The van der Waals surface area contributed by atoms with Crippen LogP contribution in [0.3, 0.4) is 0 Å². The van der Waals surface area contributed by atoms with E-state index in [-0.39, 0.29) is 5.75 Å². The molecule has 0 aliphatic heterocycles. The van der Waals surface area contributed by atoms with Gasteiger partial charge in [-0.25, -0.2) is 0 Å². The molecule has 0 fully saturated rings. The molecule has 2 aromatic carbocycles. The van der Waals surface area contributed by atoms with Crippen molar-refractivity contribution in [3.05, 3.63) is 48.8 Å². The highest BCUT2D eigenvalue weighted by Gasteiger charge is 2.11. The lowest BCUT2D eigenvalue weighted by atomic mass is 10.0. The summed E-state index contributed by atoms with van der Waals surface area (Å²) in [7, 11) is 0. The van der Waals surface area contributed by atoms with Crippen LogP contribution in [-0.2, 0) is 0 Å². The van der Waals surface area contributed by atoms with Gasteiger partial charge in [0.1, 0.15) is 17.6 Å². The molecule has 4 rings (SSSR count). The molecular formula is C14H9N5O. The number of hydrogen-bond acceptors (Lipinski definition) is 5. The Morgan fingerprint density at radius 3 is 2.65 bits per heavy atom. The second-order valence-corrected chi connectivity index (χ2v) is 4.40. The van der Waals surface area contributed by atoms with Crippen molar-refractivity contribution < 1.29 is 5.11 Å². The maximum absolute atomic E-state index is 10.1. The van der Waals surface area contributed by atoms with Gasteiger partial charge in [0.25, 0.3) is 5.78 Å². The van der Waals surface area contributed by atoms with Gasteiger partial charge in [-0.05, 0) is 23.3 Å². The third-order valence-electron chi connectivity index (χ3n) is 3.17. The number of aromatic hydroxyl groups is 1. The molecule has 4 aromatic rings. The van der Waals surface area contributed by atoms with E-state index in [0.29, 0.717) is 16.8 Å². The summed E-state index contributed by atoms with van der Waals surface area (Å²) < 4.78 is 1.56. The van der Waals surface area contributed by atoms with Gasteiger partial charge in [-0.3, -0.25) is 0 Å². The maximum atomic E-state index is 10.1. The molecule has 6 nitrogen and oxygen atoms in total. The molecule has 96 valence electrons. The van der Waals surface area contributed by atoms with Crippen molar-refractivity contribution in [3.8, 4) is 16.9 Å². The number of phenols is 1. The van der Waals surface area contributed by atoms with E-state index in [2.05, 4.69) is 20.3 Å². The predicted octanol–water partition coefficient (Wildman–Crippen LogP) is 2.05. The van der Waals surface area contributed by atoms with Crippen molar-refractivity contribution in [3.63, 3.8) is 0 Å². The van der Waals surface area contributed by atoms with E-state index in [1.807, 2.05) is 36.4 Å². The molecule has 2 aromatic heterocycles. The Bertz CT molecular complexity index is 917. The minimum absolute atomic E-state index is 0.0752. The number of rotatable bonds is 1. The molecule has 0 saturated carbocycles. The van der Waals surface area contributed by atoms with Crippen LogP contribution < -0.4 is 0 Å². The van der Waals surface area contributed by atoms with Gasteiger partial charge in [-0.15, -0.1) is 10.2 Å². The van der Waals surface area contributed by atoms with Crippen LogP contribution in [0.25, 0.3) is 27.9 Å². The van der Waals surface area contributed by atoms with E-state index in [4.69, 9.17) is 0 Å². The number of fused-ring (bicyclic) bond motifs is 3. The largest absolute Gasteiger partial charge is 0.506 e. The van der Waals surface area contributed by atoms with Crippen molar-refractivity contribution in [1.29, 1.82) is 0 Å². The molecule has 0 aliphatic carbocycles. The lowest BCUT2D eigenvalue weighted by Crippen LogP contribution is -1.97. The molecule has 0 unspecified atom stereocenters. The van der Waals surface area contributed by atoms with Crippen LogP contribution in [-0.4, -0.2) is 29.9 Å². The van der Waals surface area contributed by atoms with Crippen LogP contribution in [0.5, 0.6) is 5.75 Å². The fourth-order valence-corrected chi connectivity index (χ4v) is 2.23. The van der Waals surface area contributed by atoms with Crippen LogP contribution in [0, 0.1) is 0 Å². The summed E-state index contributed by atoms with van der Waals surface area (Å²) in [5, 5.41) is 22.2. The number of benzene rings is 2. The van der Waals surface area contributed by atoms with Crippen molar-refractivity contribution in [2.24, 2.45) is 0 Å². The maximum Gasteiger partial charge on any atom is 0.272 e. The molecule has 0 bridgehead atoms. The minimum atomic E-state index is 0.0752. The van der Waals surface area contributed by atoms with Gasteiger partial charge in [-0.1, -0.05) is 30.3 Å². The SMILES string of the molecule is Oc1cc(-c2ccccc2)cc2c1nnc1ncnn12. The van der Waals surface area contributed by atoms with Crippen LogP contribution in [0.4, 0.5) is 0 Å². The fourth-order valence-electron chi connectivity index (χ4n) is 2.23. The van der Waals surface area contributed by atoms with Crippen LogP contribution in [0.1, 0.15) is 0 Å². The average Bonchev–Trinajstić information content (AvgIpc) is 2.97. The standard InChI is InChI=1S/C14H9N5O/c20-12-7-10(9-4-2-1-3-5-9)6-11-13(12)17-18-14-15-8-16-19(11)14/h1-8,20H. The van der Waals surface area contributed by atoms with Crippen LogP contribution in [0.15, 0.2) is 48.8 Å². The molecule has 0 spiro atoms. The molecule has 20 heavy (non-hydrogen) atoms. The highest BCUT2D eigenvalue weighted by atomic mass is 16.3. The molecule has 2 heterocycles. The van der Waals surface area contributed by atoms with E-state index in [0.717, 1.165) is 11.1 Å². The molecular weight excluding hydrogens is 254 g/mol. The van der Waals surface area contributed by atoms with Crippen LogP contribution in [0.2, 0.25) is 0 Å². The monoisotopic (exact) mass is 263 g/mol. The van der Waals surface area contributed by atoms with Crippen molar-refractivity contribution >= 4 is 16.8 Å². The highest BCUT2D eigenvalue weighted by Crippen LogP contribution is 2.29. The van der Waals surface area contributed by atoms with E-state index in [1.165, 1.54) is 6.33 Å². The van der Waals surface area contributed by atoms with Gasteiger partial charge in [0.05, 0.1) is 0 Å². The topological polar surface area (TPSA) is 76.2 Å². The van der Waals surface area contributed by atoms with Crippen molar-refractivity contribution in [1.82, 2.24) is 24.8 Å². The summed E-state index contributed by atoms with van der Waals surface area (Å²) in [6, 6.07) is 13.4. The van der Waals surface area contributed by atoms with E-state index in [1.54, 1.807) is 10.6 Å². The molecule has 1 N–H and O–H groups in total. The second kappa shape index (κ2) is 3.99. The highest BCUT2D eigenvalue weighted by molar-refractivity contribution is 5.87. The van der Waals surface area contributed by atoms with Gasteiger partial charge in [-0.2, -0.15) is 14.6 Å². The fraction of sp³-hybridized carbons (Fsp3) is 0. The zero-order chi connectivity index (χ0) is 13.5. The number of hydrogen-bond donors (Lipinski definition) is 1. The summed E-state index contributed by atoms with van der Waals surface area (Å²) in [5.41, 5.74) is 2.98. The van der Waals surface area contributed by atoms with E-state index < -0.39 is 0 Å². The van der Waals surface area contributed by atoms with Gasteiger partial charge >= 0.3 is 0 Å². The Morgan fingerprint density at radius 1 is 0.950 bits per heavy atom. The van der Waals surface area contributed by atoms with Crippen LogP contribution >= 0.6 is 0 Å². The smallest absolute Gasteiger partial charge is 0.272 e. The summed E-state index contributed by atoms with van der Waals surface area (Å²) in [6.07, 6.45) is 1.41. The normalized spacial score (nSPS) is 11.2. The average molecular weight is 263 g/mol. The molecule has 0 atom stereocenters. The number of aromatic nitrogens is 5. The molecule has 0 saturated heterocycles. The second-order valence-electron chi connectivity index (χ2n) is 4.40. The lowest BCUT2D eigenvalue weighted by Gasteiger charge is -2.06. The Morgan fingerprint density at radius 2 is 1.80 bits per heavy atom. The molecule has 6 heteroatoms. The zero-order valence-electron chi connectivity index (χ0n) is 10.3. The Balaban J connectivity index is 2.10. The summed E-state index contributed by atoms with van der Waals surface area (Å²) in [5.74, 6) is 0.480. The zero-order valence-corrected chi connectivity index (χ0v) is 10.3. The first-order chi connectivity index (χ1) is 9.83. The Labute approximate surface area is 113 Å². The third kappa shape index (κ3) is 1.51.